The number of hydrogen-bond donors (Lipinski definition) is 2. The van der Waals surface area contributed by atoms with Crippen molar-refractivity contribution in [3.05, 3.63) is 23.9 Å². The van der Waals surface area contributed by atoms with Gasteiger partial charge >= 0.3 is 0 Å². The van der Waals surface area contributed by atoms with Crippen LogP contribution in [0.4, 0.5) is 5.82 Å². The number of nitrogens with one attached hydrogen (secondary N) is 2. The molecule has 1 aliphatic rings. The van der Waals surface area contributed by atoms with Gasteiger partial charge in [0.15, 0.2) is 0 Å². The standard InChI is InChI=1S/C17H28N4O/c1-4-21(3)17(10-6-5-7-11-17)13-20-15-14(16(22)18-2)9-8-12-19-15/h8-9,12H,4-7,10-11,13H2,1-3H3,(H,18,22)(H,19,20). The maximum absolute atomic E-state index is 12.0. The van der Waals surface area contributed by atoms with Crippen molar-refractivity contribution in [3.8, 4) is 0 Å². The van der Waals surface area contributed by atoms with E-state index in [2.05, 4.69) is 34.5 Å². The molecule has 0 bridgehead atoms. The van der Waals surface area contributed by atoms with E-state index in [0.29, 0.717) is 11.4 Å². The summed E-state index contributed by atoms with van der Waals surface area (Å²) in [5.41, 5.74) is 0.778. The largest absolute Gasteiger partial charge is 0.368 e. The molecule has 1 aromatic heterocycles. The van der Waals surface area contributed by atoms with Crippen LogP contribution in [0, 0.1) is 0 Å². The Bertz CT molecular complexity index is 497. The van der Waals surface area contributed by atoms with Crippen molar-refractivity contribution in [2.75, 3.05) is 32.5 Å². The van der Waals surface area contributed by atoms with Gasteiger partial charge in [0.25, 0.3) is 5.91 Å². The minimum atomic E-state index is -0.0999. The van der Waals surface area contributed by atoms with Gasteiger partial charge in [-0.15, -0.1) is 0 Å². The average molecular weight is 304 g/mol. The summed E-state index contributed by atoms with van der Waals surface area (Å²) in [6.07, 6.45) is 8.00. The highest BCUT2D eigenvalue weighted by Gasteiger charge is 2.35. The van der Waals surface area contributed by atoms with E-state index in [4.69, 9.17) is 0 Å². The normalized spacial score (nSPS) is 17.3. The topological polar surface area (TPSA) is 57.3 Å². The van der Waals surface area contributed by atoms with Gasteiger partial charge in [0.1, 0.15) is 5.82 Å². The first-order valence-electron chi connectivity index (χ1n) is 8.25. The molecular weight excluding hydrogens is 276 g/mol. The number of rotatable bonds is 6. The lowest BCUT2D eigenvalue weighted by molar-refractivity contribution is 0.0919. The molecule has 22 heavy (non-hydrogen) atoms. The molecular formula is C17H28N4O. The number of likely N-dealkylation sites (N-methyl/N-ethyl adjacent to an activating group) is 1. The molecule has 122 valence electrons. The predicted molar refractivity (Wildman–Crippen MR) is 90.2 cm³/mol. The van der Waals surface area contributed by atoms with Crippen LogP contribution in [0.2, 0.25) is 0 Å². The monoisotopic (exact) mass is 304 g/mol. The van der Waals surface area contributed by atoms with Crippen LogP contribution < -0.4 is 10.6 Å². The highest BCUT2D eigenvalue weighted by Crippen LogP contribution is 2.33. The third-order valence-electron chi connectivity index (χ3n) is 4.93. The van der Waals surface area contributed by atoms with E-state index >= 15 is 0 Å². The van der Waals surface area contributed by atoms with Gasteiger partial charge in [-0.2, -0.15) is 0 Å². The van der Waals surface area contributed by atoms with E-state index in [1.165, 1.54) is 32.1 Å². The van der Waals surface area contributed by atoms with Crippen LogP contribution in [0.5, 0.6) is 0 Å². The number of aromatic nitrogens is 1. The molecule has 0 spiro atoms. The smallest absolute Gasteiger partial charge is 0.254 e. The van der Waals surface area contributed by atoms with Gasteiger partial charge < -0.3 is 10.6 Å². The van der Waals surface area contributed by atoms with Gasteiger partial charge in [-0.3, -0.25) is 9.69 Å². The Kier molecular flexibility index (Phi) is 5.77. The lowest BCUT2D eigenvalue weighted by atomic mass is 9.80. The molecule has 1 heterocycles. The van der Waals surface area contributed by atoms with E-state index in [0.717, 1.165) is 13.1 Å². The summed E-state index contributed by atoms with van der Waals surface area (Å²) in [4.78, 5) is 18.8. The second-order valence-electron chi connectivity index (χ2n) is 6.13. The van der Waals surface area contributed by atoms with Crippen molar-refractivity contribution in [1.82, 2.24) is 15.2 Å². The third-order valence-corrected chi connectivity index (χ3v) is 4.93. The molecule has 0 saturated heterocycles. The molecule has 1 amide bonds. The molecule has 0 unspecified atom stereocenters. The van der Waals surface area contributed by atoms with Crippen LogP contribution in [0.25, 0.3) is 0 Å². The van der Waals surface area contributed by atoms with Gasteiger partial charge in [-0.25, -0.2) is 4.98 Å². The van der Waals surface area contributed by atoms with Crippen molar-refractivity contribution in [2.24, 2.45) is 0 Å². The van der Waals surface area contributed by atoms with E-state index in [9.17, 15) is 4.79 Å². The Hall–Kier alpha value is -1.62. The van der Waals surface area contributed by atoms with Crippen LogP contribution >= 0.6 is 0 Å². The Labute approximate surface area is 133 Å². The van der Waals surface area contributed by atoms with Gasteiger partial charge in [0, 0.05) is 25.3 Å². The van der Waals surface area contributed by atoms with Crippen molar-refractivity contribution < 1.29 is 4.79 Å². The molecule has 0 aliphatic heterocycles. The first-order chi connectivity index (χ1) is 10.6. The number of hydrogen-bond acceptors (Lipinski definition) is 4. The van der Waals surface area contributed by atoms with Gasteiger partial charge in [0.05, 0.1) is 5.56 Å². The van der Waals surface area contributed by atoms with Crippen LogP contribution in [-0.2, 0) is 0 Å². The van der Waals surface area contributed by atoms with E-state index in [-0.39, 0.29) is 11.4 Å². The minimum Gasteiger partial charge on any atom is -0.368 e. The molecule has 1 aromatic rings. The zero-order valence-electron chi connectivity index (χ0n) is 14.0. The number of pyridine rings is 1. The number of amides is 1. The van der Waals surface area contributed by atoms with Crippen molar-refractivity contribution in [3.63, 3.8) is 0 Å². The molecule has 5 nitrogen and oxygen atoms in total. The van der Waals surface area contributed by atoms with E-state index < -0.39 is 0 Å². The summed E-state index contributed by atoms with van der Waals surface area (Å²) >= 11 is 0. The summed E-state index contributed by atoms with van der Waals surface area (Å²) in [6, 6.07) is 3.61. The number of carbonyl (C=O) groups excluding carboxylic acids is 1. The summed E-state index contributed by atoms with van der Waals surface area (Å²) < 4.78 is 0. The minimum absolute atomic E-state index is 0.0999. The fourth-order valence-electron chi connectivity index (χ4n) is 3.35. The Morgan fingerprint density at radius 3 is 2.73 bits per heavy atom. The Balaban J connectivity index is 2.14. The molecule has 0 atom stereocenters. The Morgan fingerprint density at radius 1 is 1.36 bits per heavy atom. The average Bonchev–Trinajstić information content (AvgIpc) is 2.59. The summed E-state index contributed by atoms with van der Waals surface area (Å²) in [7, 11) is 3.84. The molecule has 0 aromatic carbocycles. The van der Waals surface area contributed by atoms with Gasteiger partial charge in [-0.1, -0.05) is 26.2 Å². The number of carbonyl (C=O) groups is 1. The van der Waals surface area contributed by atoms with Crippen molar-refractivity contribution in [1.29, 1.82) is 0 Å². The van der Waals surface area contributed by atoms with Crippen LogP contribution in [-0.4, -0.2) is 48.5 Å². The zero-order chi connectivity index (χ0) is 16.0. The van der Waals surface area contributed by atoms with Crippen LogP contribution in [0.1, 0.15) is 49.4 Å². The molecule has 0 radical (unpaired) electrons. The lowest BCUT2D eigenvalue weighted by Crippen LogP contribution is -2.52. The predicted octanol–water partition coefficient (Wildman–Crippen LogP) is 2.51. The second kappa shape index (κ2) is 7.58. The van der Waals surface area contributed by atoms with E-state index in [1.54, 1.807) is 19.3 Å². The SMILES string of the molecule is CCN(C)C1(CNc2ncccc2C(=O)NC)CCCCC1. The highest BCUT2D eigenvalue weighted by atomic mass is 16.1. The zero-order valence-corrected chi connectivity index (χ0v) is 14.0. The Morgan fingerprint density at radius 2 is 2.09 bits per heavy atom. The van der Waals surface area contributed by atoms with Gasteiger partial charge in [-0.05, 0) is 38.6 Å². The van der Waals surface area contributed by atoms with Crippen molar-refractivity contribution in [2.45, 2.75) is 44.6 Å². The first-order valence-corrected chi connectivity index (χ1v) is 8.25. The number of anilines is 1. The molecule has 1 fully saturated rings. The number of nitrogens with zero attached hydrogens (tertiary/aromatic N) is 2. The molecule has 2 N–H and O–H groups in total. The summed E-state index contributed by atoms with van der Waals surface area (Å²) in [5.74, 6) is 0.577. The molecule has 1 aliphatic carbocycles. The maximum atomic E-state index is 12.0. The van der Waals surface area contributed by atoms with Crippen LogP contribution in [0.3, 0.4) is 0 Å². The molecule has 1 saturated carbocycles. The fourth-order valence-corrected chi connectivity index (χ4v) is 3.35. The van der Waals surface area contributed by atoms with E-state index in [1.807, 2.05) is 6.07 Å². The molecule has 5 heteroatoms. The van der Waals surface area contributed by atoms with Crippen molar-refractivity contribution >= 4 is 11.7 Å². The molecule has 2 rings (SSSR count). The third kappa shape index (κ3) is 3.58. The summed E-state index contributed by atoms with van der Waals surface area (Å²) in [6.45, 7) is 4.07. The highest BCUT2D eigenvalue weighted by molar-refractivity contribution is 5.98. The second-order valence-corrected chi connectivity index (χ2v) is 6.13. The summed E-state index contributed by atoms with van der Waals surface area (Å²) in [5, 5.41) is 6.11. The maximum Gasteiger partial charge on any atom is 0.254 e. The quantitative estimate of drug-likeness (QED) is 0.848. The lowest BCUT2D eigenvalue weighted by Gasteiger charge is -2.44. The van der Waals surface area contributed by atoms with Gasteiger partial charge in [0.2, 0.25) is 0 Å². The van der Waals surface area contributed by atoms with Crippen LogP contribution in [0.15, 0.2) is 18.3 Å². The fraction of sp³-hybridized carbons (Fsp3) is 0.647. The first kappa shape index (κ1) is 16.7.